The molecule has 1 aromatic carbocycles. The number of nitrogens with zero attached hydrogens (tertiary/aromatic N) is 1. The van der Waals surface area contributed by atoms with Crippen molar-refractivity contribution in [1.82, 2.24) is 10.6 Å². The molecule has 1 rings (SSSR count). The van der Waals surface area contributed by atoms with E-state index in [1.807, 2.05) is 6.92 Å². The van der Waals surface area contributed by atoms with Crippen molar-refractivity contribution in [2.45, 2.75) is 40.3 Å². The van der Waals surface area contributed by atoms with Gasteiger partial charge in [-0.15, -0.1) is 24.0 Å². The number of hydrogen-bond acceptors (Lipinski definition) is 3. The second-order valence-electron chi connectivity index (χ2n) is 5.70. The lowest BCUT2D eigenvalue weighted by Crippen LogP contribution is -2.38. The summed E-state index contributed by atoms with van der Waals surface area (Å²) in [5.41, 5.74) is 0.603. The molecule has 0 atom stereocenters. The molecule has 0 saturated heterocycles. The van der Waals surface area contributed by atoms with Crippen LogP contribution < -0.4 is 20.1 Å². The molecular formula is C17H28F2IN3O2. The van der Waals surface area contributed by atoms with Crippen LogP contribution in [0.15, 0.2) is 23.2 Å². The minimum Gasteiger partial charge on any atom is -0.493 e. The highest BCUT2D eigenvalue weighted by Crippen LogP contribution is 2.26. The van der Waals surface area contributed by atoms with Gasteiger partial charge in [-0.1, -0.05) is 20.8 Å². The molecule has 1 aromatic rings. The third-order valence-electron chi connectivity index (χ3n) is 3.08. The zero-order valence-electron chi connectivity index (χ0n) is 15.1. The van der Waals surface area contributed by atoms with Gasteiger partial charge in [0, 0.05) is 31.8 Å². The smallest absolute Gasteiger partial charge is 0.387 e. The predicted molar refractivity (Wildman–Crippen MR) is 107 cm³/mol. The van der Waals surface area contributed by atoms with Crippen LogP contribution in [-0.2, 0) is 6.54 Å². The predicted octanol–water partition coefficient (Wildman–Crippen LogP) is 4.02. The summed E-state index contributed by atoms with van der Waals surface area (Å²) in [5, 5.41) is 6.25. The second-order valence-corrected chi connectivity index (χ2v) is 5.70. The lowest BCUT2D eigenvalue weighted by molar-refractivity contribution is -0.0505. The summed E-state index contributed by atoms with van der Waals surface area (Å²) in [6.07, 6.45) is 0.839. The lowest BCUT2D eigenvalue weighted by atomic mass is 10.2. The van der Waals surface area contributed by atoms with E-state index < -0.39 is 6.61 Å². The van der Waals surface area contributed by atoms with Crippen molar-refractivity contribution in [3.05, 3.63) is 23.8 Å². The van der Waals surface area contributed by atoms with Crippen molar-refractivity contribution < 1.29 is 18.3 Å². The average Bonchev–Trinajstić information content (AvgIpc) is 2.53. The number of hydrogen-bond donors (Lipinski definition) is 2. The summed E-state index contributed by atoms with van der Waals surface area (Å²) in [6, 6.07) is 4.95. The first-order valence-corrected chi connectivity index (χ1v) is 8.11. The lowest BCUT2D eigenvalue weighted by Gasteiger charge is -2.16. The molecule has 0 radical (unpaired) electrons. The first-order chi connectivity index (χ1) is 11.5. The highest BCUT2D eigenvalue weighted by Gasteiger charge is 2.12. The molecule has 0 aliphatic carbocycles. The number of halogens is 3. The number of rotatable bonds is 9. The summed E-state index contributed by atoms with van der Waals surface area (Å²) in [5.74, 6) is 1.69. The van der Waals surface area contributed by atoms with Crippen molar-refractivity contribution in [1.29, 1.82) is 0 Å². The van der Waals surface area contributed by atoms with Gasteiger partial charge in [0.1, 0.15) is 11.5 Å². The topological polar surface area (TPSA) is 54.9 Å². The maximum atomic E-state index is 12.6. The summed E-state index contributed by atoms with van der Waals surface area (Å²) >= 11 is 0. The quantitative estimate of drug-likeness (QED) is 0.325. The SMILES string of the molecule is CCCOc1ccc(CNC(=NC)NCC(C)C)c(OC(F)F)c1.I. The molecule has 5 nitrogen and oxygen atoms in total. The van der Waals surface area contributed by atoms with Gasteiger partial charge in [0.05, 0.1) is 6.61 Å². The first-order valence-electron chi connectivity index (χ1n) is 8.11. The number of ether oxygens (including phenoxy) is 2. The van der Waals surface area contributed by atoms with Crippen molar-refractivity contribution in [3.63, 3.8) is 0 Å². The highest BCUT2D eigenvalue weighted by atomic mass is 127. The van der Waals surface area contributed by atoms with E-state index in [1.165, 1.54) is 6.07 Å². The fraction of sp³-hybridized carbons (Fsp3) is 0.588. The number of benzene rings is 1. The summed E-state index contributed by atoms with van der Waals surface area (Å²) in [6.45, 7) is 4.87. The summed E-state index contributed by atoms with van der Waals surface area (Å²) in [7, 11) is 1.66. The Morgan fingerprint density at radius 2 is 1.96 bits per heavy atom. The van der Waals surface area contributed by atoms with E-state index in [0.29, 0.717) is 36.3 Å². The Balaban J connectivity index is 0.00000576. The van der Waals surface area contributed by atoms with E-state index in [2.05, 4.69) is 34.2 Å². The molecular weight excluding hydrogens is 443 g/mol. The van der Waals surface area contributed by atoms with Crippen LogP contribution in [0.25, 0.3) is 0 Å². The van der Waals surface area contributed by atoms with Crippen LogP contribution >= 0.6 is 24.0 Å². The molecule has 0 unspecified atom stereocenters. The minimum absolute atomic E-state index is 0. The fourth-order valence-corrected chi connectivity index (χ4v) is 1.90. The van der Waals surface area contributed by atoms with Gasteiger partial charge in [-0.25, -0.2) is 0 Å². The van der Waals surface area contributed by atoms with E-state index in [1.54, 1.807) is 19.2 Å². The average molecular weight is 471 g/mol. The van der Waals surface area contributed by atoms with Gasteiger partial charge < -0.3 is 20.1 Å². The number of alkyl halides is 2. The van der Waals surface area contributed by atoms with Crippen LogP contribution in [0.5, 0.6) is 11.5 Å². The standard InChI is InChI=1S/C17H27F2N3O2.HI/c1-5-8-23-14-7-6-13(15(9-14)24-16(18)19)11-22-17(20-4)21-10-12(2)3;/h6-7,9,12,16H,5,8,10-11H2,1-4H3,(H2,20,21,22);1H. The van der Waals surface area contributed by atoms with Crippen molar-refractivity contribution >= 4 is 29.9 Å². The molecule has 0 bridgehead atoms. The van der Waals surface area contributed by atoms with Gasteiger partial charge in [-0.2, -0.15) is 8.78 Å². The van der Waals surface area contributed by atoms with Crippen molar-refractivity contribution in [2.75, 3.05) is 20.2 Å². The molecule has 144 valence electrons. The zero-order valence-corrected chi connectivity index (χ0v) is 17.5. The summed E-state index contributed by atoms with van der Waals surface area (Å²) in [4.78, 5) is 4.10. The fourth-order valence-electron chi connectivity index (χ4n) is 1.90. The van der Waals surface area contributed by atoms with Crippen LogP contribution in [0.2, 0.25) is 0 Å². The van der Waals surface area contributed by atoms with Gasteiger partial charge in [0.25, 0.3) is 0 Å². The first kappa shape index (κ1) is 23.7. The second kappa shape index (κ2) is 13.0. The zero-order chi connectivity index (χ0) is 17.9. The number of guanidine groups is 1. The largest absolute Gasteiger partial charge is 0.493 e. The molecule has 0 aliphatic heterocycles. The van der Waals surface area contributed by atoms with E-state index in [4.69, 9.17) is 4.74 Å². The minimum atomic E-state index is -2.89. The number of nitrogens with one attached hydrogen (secondary N) is 2. The van der Waals surface area contributed by atoms with Crippen molar-refractivity contribution in [3.8, 4) is 11.5 Å². The Kier molecular flexibility index (Phi) is 12.3. The Labute approximate surface area is 165 Å². The highest BCUT2D eigenvalue weighted by molar-refractivity contribution is 14.0. The molecule has 0 fully saturated rings. The van der Waals surface area contributed by atoms with Crippen LogP contribution in [0.1, 0.15) is 32.8 Å². The number of aliphatic imine (C=N–C) groups is 1. The maximum Gasteiger partial charge on any atom is 0.387 e. The third kappa shape index (κ3) is 9.66. The van der Waals surface area contributed by atoms with Gasteiger partial charge in [-0.05, 0) is 24.5 Å². The van der Waals surface area contributed by atoms with Crippen LogP contribution in [0.3, 0.4) is 0 Å². The molecule has 0 amide bonds. The Hall–Kier alpha value is -1.32. The van der Waals surface area contributed by atoms with E-state index >= 15 is 0 Å². The van der Waals surface area contributed by atoms with Crippen LogP contribution in [-0.4, -0.2) is 32.8 Å². The van der Waals surface area contributed by atoms with E-state index in [-0.39, 0.29) is 29.7 Å². The molecule has 0 aromatic heterocycles. The van der Waals surface area contributed by atoms with Crippen LogP contribution in [0, 0.1) is 5.92 Å². The summed E-state index contributed by atoms with van der Waals surface area (Å²) < 4.78 is 35.4. The molecule has 0 aliphatic rings. The Morgan fingerprint density at radius 1 is 1.24 bits per heavy atom. The van der Waals surface area contributed by atoms with E-state index in [0.717, 1.165) is 13.0 Å². The maximum absolute atomic E-state index is 12.6. The molecule has 8 heteroatoms. The molecule has 25 heavy (non-hydrogen) atoms. The third-order valence-corrected chi connectivity index (χ3v) is 3.08. The van der Waals surface area contributed by atoms with Crippen molar-refractivity contribution in [2.24, 2.45) is 10.9 Å². The molecule has 2 N–H and O–H groups in total. The molecule has 0 heterocycles. The molecule has 0 spiro atoms. The van der Waals surface area contributed by atoms with Gasteiger partial charge in [0.15, 0.2) is 5.96 Å². The van der Waals surface area contributed by atoms with Gasteiger partial charge in [-0.3, -0.25) is 4.99 Å². The Morgan fingerprint density at radius 3 is 2.52 bits per heavy atom. The molecule has 0 saturated carbocycles. The van der Waals surface area contributed by atoms with Gasteiger partial charge in [0.2, 0.25) is 0 Å². The normalized spacial score (nSPS) is 11.3. The van der Waals surface area contributed by atoms with Crippen LogP contribution in [0.4, 0.5) is 8.78 Å². The Bertz CT molecular complexity index is 529. The monoisotopic (exact) mass is 471 g/mol. The van der Waals surface area contributed by atoms with E-state index in [9.17, 15) is 8.78 Å². The van der Waals surface area contributed by atoms with Gasteiger partial charge >= 0.3 is 6.61 Å².